The molecule has 0 aliphatic rings. The Hall–Kier alpha value is -2.38. The lowest BCUT2D eigenvalue weighted by Gasteiger charge is -2.37. The number of para-hydroxylation sites is 3. The topological polar surface area (TPSA) is 0 Å². The SMILES string of the molecule is CCCCCCCCC[N+](c1ccccc1)(c1ccccc1)c1ccccc1. The quantitative estimate of drug-likeness (QED) is 0.234. The molecule has 146 valence electrons. The number of benzene rings is 3. The number of hydrogen-bond donors (Lipinski definition) is 0. The highest BCUT2D eigenvalue weighted by Crippen LogP contribution is 2.43. The van der Waals surface area contributed by atoms with Crippen LogP contribution < -0.4 is 4.48 Å². The van der Waals surface area contributed by atoms with Crippen molar-refractivity contribution in [3.8, 4) is 0 Å². The first kappa shape index (κ1) is 20.4. The van der Waals surface area contributed by atoms with Gasteiger partial charge in [-0.2, -0.15) is 0 Å². The molecule has 1 nitrogen and oxygen atoms in total. The molecular weight excluding hydrogens is 338 g/mol. The summed E-state index contributed by atoms with van der Waals surface area (Å²) in [5, 5.41) is 0. The van der Waals surface area contributed by atoms with Crippen LogP contribution in [-0.4, -0.2) is 6.54 Å². The molecule has 0 amide bonds. The lowest BCUT2D eigenvalue weighted by Crippen LogP contribution is -2.39. The molecule has 0 atom stereocenters. The highest BCUT2D eigenvalue weighted by Gasteiger charge is 2.35. The average molecular weight is 373 g/mol. The van der Waals surface area contributed by atoms with Crippen molar-refractivity contribution < 1.29 is 0 Å². The fourth-order valence-electron chi connectivity index (χ4n) is 4.19. The zero-order valence-corrected chi connectivity index (χ0v) is 17.3. The largest absolute Gasteiger partial charge is 0.227 e. The van der Waals surface area contributed by atoms with Crippen molar-refractivity contribution >= 4 is 17.1 Å². The molecule has 0 aliphatic carbocycles. The molecule has 0 N–H and O–H groups in total. The van der Waals surface area contributed by atoms with Crippen molar-refractivity contribution in [2.75, 3.05) is 6.54 Å². The second-order valence-electron chi connectivity index (χ2n) is 7.66. The van der Waals surface area contributed by atoms with E-state index >= 15 is 0 Å². The third-order valence-corrected chi connectivity index (χ3v) is 5.69. The van der Waals surface area contributed by atoms with Gasteiger partial charge in [0.25, 0.3) is 0 Å². The molecule has 3 aromatic rings. The maximum Gasteiger partial charge on any atom is 0.143 e. The molecule has 0 bridgehead atoms. The van der Waals surface area contributed by atoms with E-state index in [2.05, 4.69) is 97.9 Å². The van der Waals surface area contributed by atoms with Crippen molar-refractivity contribution in [2.45, 2.75) is 51.9 Å². The van der Waals surface area contributed by atoms with E-state index in [9.17, 15) is 0 Å². The van der Waals surface area contributed by atoms with E-state index in [0.717, 1.165) is 11.0 Å². The van der Waals surface area contributed by atoms with Crippen LogP contribution in [0.1, 0.15) is 51.9 Å². The van der Waals surface area contributed by atoms with Gasteiger partial charge in [0, 0.05) is 0 Å². The van der Waals surface area contributed by atoms with Crippen LogP contribution in [0.25, 0.3) is 0 Å². The summed E-state index contributed by atoms with van der Waals surface area (Å²) in [5.74, 6) is 0. The van der Waals surface area contributed by atoms with E-state index < -0.39 is 0 Å². The molecule has 0 saturated carbocycles. The summed E-state index contributed by atoms with van der Waals surface area (Å²) in [5.41, 5.74) is 4.02. The van der Waals surface area contributed by atoms with Crippen LogP contribution in [0.15, 0.2) is 91.0 Å². The Kier molecular flexibility index (Phi) is 7.87. The van der Waals surface area contributed by atoms with Gasteiger partial charge in [-0.05, 0) is 49.2 Å². The average Bonchev–Trinajstić information content (AvgIpc) is 2.78. The Morgan fingerprint density at radius 2 is 0.821 bits per heavy atom. The van der Waals surface area contributed by atoms with E-state index in [-0.39, 0.29) is 0 Å². The zero-order valence-electron chi connectivity index (χ0n) is 17.3. The van der Waals surface area contributed by atoms with Crippen molar-refractivity contribution in [3.63, 3.8) is 0 Å². The van der Waals surface area contributed by atoms with Crippen LogP contribution in [0.4, 0.5) is 17.1 Å². The third kappa shape index (κ3) is 4.91. The van der Waals surface area contributed by atoms with Crippen LogP contribution in [0, 0.1) is 0 Å². The maximum absolute atomic E-state index is 2.28. The number of hydrogen-bond acceptors (Lipinski definition) is 0. The lowest BCUT2D eigenvalue weighted by atomic mass is 10.1. The Morgan fingerprint density at radius 3 is 1.21 bits per heavy atom. The van der Waals surface area contributed by atoms with E-state index in [1.807, 2.05) is 0 Å². The molecule has 0 unspecified atom stereocenters. The summed E-state index contributed by atoms with van der Waals surface area (Å²) in [4.78, 5) is 0. The minimum atomic E-state index is 0.789. The smallest absolute Gasteiger partial charge is 0.143 e. The summed E-state index contributed by atoms with van der Waals surface area (Å²) < 4.78 is 0.789. The second-order valence-corrected chi connectivity index (χ2v) is 7.66. The van der Waals surface area contributed by atoms with Gasteiger partial charge in [0.1, 0.15) is 17.1 Å². The standard InChI is InChI=1S/C27H34N/c1-2-3-4-5-6-7-17-24-28(25-18-11-8-12-19-25,26-20-13-9-14-21-26)27-22-15-10-16-23-27/h8-16,18-23H,2-7,17,24H2,1H3/q+1. The van der Waals surface area contributed by atoms with E-state index in [1.54, 1.807) is 0 Å². The molecule has 0 radical (unpaired) electrons. The first-order valence-electron chi connectivity index (χ1n) is 10.9. The first-order valence-corrected chi connectivity index (χ1v) is 10.9. The first-order chi connectivity index (χ1) is 13.9. The number of quaternary nitrogens is 1. The summed E-state index contributed by atoms with van der Waals surface area (Å²) >= 11 is 0. The van der Waals surface area contributed by atoms with Crippen molar-refractivity contribution in [3.05, 3.63) is 91.0 Å². The Morgan fingerprint density at radius 1 is 0.464 bits per heavy atom. The number of rotatable bonds is 11. The number of unbranched alkanes of at least 4 members (excludes halogenated alkanes) is 6. The van der Waals surface area contributed by atoms with Crippen LogP contribution in [0.3, 0.4) is 0 Å². The maximum atomic E-state index is 2.28. The van der Waals surface area contributed by atoms with E-state index in [4.69, 9.17) is 0 Å². The molecule has 0 heterocycles. The third-order valence-electron chi connectivity index (χ3n) is 5.69. The lowest BCUT2D eigenvalue weighted by molar-refractivity contribution is 0.474. The van der Waals surface area contributed by atoms with Crippen LogP contribution in [0.2, 0.25) is 0 Å². The van der Waals surface area contributed by atoms with Gasteiger partial charge in [-0.1, -0.05) is 93.6 Å². The fraction of sp³-hybridized carbons (Fsp3) is 0.333. The van der Waals surface area contributed by atoms with Gasteiger partial charge < -0.3 is 0 Å². The summed E-state index contributed by atoms with van der Waals surface area (Å²) in [6.07, 6.45) is 9.32. The Labute approximate surface area is 171 Å². The van der Waals surface area contributed by atoms with Gasteiger partial charge in [-0.15, -0.1) is 0 Å². The van der Waals surface area contributed by atoms with Gasteiger partial charge in [0.2, 0.25) is 0 Å². The van der Waals surface area contributed by atoms with Gasteiger partial charge in [-0.3, -0.25) is 0 Å². The monoisotopic (exact) mass is 372 g/mol. The molecule has 0 aliphatic heterocycles. The van der Waals surface area contributed by atoms with Crippen LogP contribution >= 0.6 is 0 Å². The molecule has 0 saturated heterocycles. The molecule has 0 spiro atoms. The minimum absolute atomic E-state index is 0.789. The van der Waals surface area contributed by atoms with E-state index in [0.29, 0.717) is 0 Å². The fourth-order valence-corrected chi connectivity index (χ4v) is 4.19. The minimum Gasteiger partial charge on any atom is -0.227 e. The second kappa shape index (κ2) is 10.8. The van der Waals surface area contributed by atoms with Crippen molar-refractivity contribution in [1.29, 1.82) is 0 Å². The predicted octanol–water partition coefficient (Wildman–Crippen LogP) is 8.41. The Bertz CT molecular complexity index is 684. The van der Waals surface area contributed by atoms with Gasteiger partial charge >= 0.3 is 0 Å². The summed E-state index contributed by atoms with van der Waals surface area (Å²) in [7, 11) is 0. The Balaban J connectivity index is 1.91. The predicted molar refractivity (Wildman–Crippen MR) is 123 cm³/mol. The molecule has 3 rings (SSSR count). The highest BCUT2D eigenvalue weighted by molar-refractivity contribution is 5.70. The highest BCUT2D eigenvalue weighted by atomic mass is 15.4. The van der Waals surface area contributed by atoms with Crippen molar-refractivity contribution in [1.82, 2.24) is 4.48 Å². The van der Waals surface area contributed by atoms with Crippen LogP contribution in [0.5, 0.6) is 0 Å². The molecular formula is C27H34N+. The molecule has 0 aromatic heterocycles. The van der Waals surface area contributed by atoms with E-state index in [1.165, 1.54) is 62.0 Å². The van der Waals surface area contributed by atoms with Gasteiger partial charge in [0.15, 0.2) is 0 Å². The normalized spacial score (nSPS) is 11.5. The molecule has 3 aromatic carbocycles. The molecule has 0 fully saturated rings. The summed E-state index contributed by atoms with van der Waals surface area (Å²) in [6, 6.07) is 33.0. The van der Waals surface area contributed by atoms with Gasteiger partial charge in [0.05, 0.1) is 6.54 Å². The molecule has 1 heteroatoms. The summed E-state index contributed by atoms with van der Waals surface area (Å²) in [6.45, 7) is 3.37. The molecule has 28 heavy (non-hydrogen) atoms. The van der Waals surface area contributed by atoms with Crippen LogP contribution in [-0.2, 0) is 0 Å². The van der Waals surface area contributed by atoms with Crippen molar-refractivity contribution in [2.24, 2.45) is 0 Å². The van der Waals surface area contributed by atoms with Gasteiger partial charge in [-0.25, -0.2) is 4.48 Å². The zero-order chi connectivity index (χ0) is 19.5. The number of nitrogens with zero attached hydrogens (tertiary/aromatic N) is 1.